The lowest BCUT2D eigenvalue weighted by molar-refractivity contribution is 0.478. The first-order valence-corrected chi connectivity index (χ1v) is 20.4. The molecule has 5 heteroatoms. The number of pyridine rings is 1. The van der Waals surface area contributed by atoms with Crippen LogP contribution in [0.5, 0.6) is 11.5 Å². The number of aromatic nitrogens is 2. The quantitative estimate of drug-likeness (QED) is 0.164. The van der Waals surface area contributed by atoms with Crippen LogP contribution in [0.2, 0.25) is 0 Å². The van der Waals surface area contributed by atoms with Gasteiger partial charge in [0.15, 0.2) is 11.5 Å². The van der Waals surface area contributed by atoms with Gasteiger partial charge in [-0.25, -0.2) is 4.98 Å². The van der Waals surface area contributed by atoms with Gasteiger partial charge in [0, 0.05) is 27.2 Å². The minimum absolute atomic E-state index is 0.787. The van der Waals surface area contributed by atoms with Gasteiger partial charge >= 0.3 is 0 Å². The fourth-order valence-electron chi connectivity index (χ4n) is 10.0. The summed E-state index contributed by atoms with van der Waals surface area (Å²) >= 11 is 0. The molecule has 3 aromatic heterocycles. The average Bonchev–Trinajstić information content (AvgIpc) is 3.89. The zero-order chi connectivity index (χ0) is 39.1. The summed E-state index contributed by atoms with van der Waals surface area (Å²) in [5.41, 5.74) is 11.0. The van der Waals surface area contributed by atoms with Crippen molar-refractivity contribution in [3.8, 4) is 22.6 Å². The van der Waals surface area contributed by atoms with Gasteiger partial charge in [0.1, 0.15) is 16.8 Å². The minimum atomic E-state index is 0.787. The molecule has 0 aliphatic carbocycles. The predicted molar refractivity (Wildman–Crippen MR) is 248 cm³/mol. The molecule has 5 nitrogen and oxygen atoms in total. The van der Waals surface area contributed by atoms with E-state index in [0.29, 0.717) is 0 Å². The van der Waals surface area contributed by atoms with Gasteiger partial charge in [0.25, 0.3) is 0 Å². The van der Waals surface area contributed by atoms with Gasteiger partial charge in [-0.05, 0) is 122 Å². The third kappa shape index (κ3) is 4.32. The van der Waals surface area contributed by atoms with Crippen molar-refractivity contribution < 1.29 is 9.15 Å². The lowest BCUT2D eigenvalue weighted by Gasteiger charge is -2.34. The minimum Gasteiger partial charge on any atom is -0.456 e. The highest BCUT2D eigenvalue weighted by molar-refractivity contribution is 6.26. The van der Waals surface area contributed by atoms with Crippen molar-refractivity contribution in [2.45, 2.75) is 0 Å². The molecule has 0 saturated carbocycles. The molecular formula is C55H31N3O2. The van der Waals surface area contributed by atoms with Crippen molar-refractivity contribution in [2.75, 3.05) is 4.90 Å². The van der Waals surface area contributed by atoms with Gasteiger partial charge in [-0.1, -0.05) is 115 Å². The Morgan fingerprint density at radius 2 is 0.967 bits per heavy atom. The second kappa shape index (κ2) is 11.7. The number of rotatable bonds is 2. The Labute approximate surface area is 342 Å². The molecule has 10 aromatic carbocycles. The summed E-state index contributed by atoms with van der Waals surface area (Å²) in [5, 5.41) is 12.9. The lowest BCUT2D eigenvalue weighted by atomic mass is 9.93. The van der Waals surface area contributed by atoms with Crippen LogP contribution >= 0.6 is 0 Å². The molecule has 14 rings (SSSR count). The van der Waals surface area contributed by atoms with Gasteiger partial charge in [-0.3, -0.25) is 4.40 Å². The number of ether oxygens (including phenoxy) is 1. The van der Waals surface area contributed by atoms with Gasteiger partial charge in [-0.2, -0.15) is 0 Å². The van der Waals surface area contributed by atoms with Crippen LogP contribution in [0, 0.1) is 0 Å². The van der Waals surface area contributed by atoms with E-state index in [2.05, 4.69) is 185 Å². The summed E-state index contributed by atoms with van der Waals surface area (Å²) in [4.78, 5) is 7.51. The molecule has 13 aromatic rings. The maximum atomic E-state index is 7.07. The maximum Gasteiger partial charge on any atom is 0.152 e. The molecular weight excluding hydrogens is 735 g/mol. The van der Waals surface area contributed by atoms with Gasteiger partial charge in [0.2, 0.25) is 0 Å². The third-order valence-electron chi connectivity index (χ3n) is 12.7. The molecule has 0 atom stereocenters. The highest BCUT2D eigenvalue weighted by Gasteiger charge is 2.29. The number of benzene rings is 10. The second-order valence-corrected chi connectivity index (χ2v) is 15.9. The summed E-state index contributed by atoms with van der Waals surface area (Å²) in [6.07, 6.45) is 0. The summed E-state index contributed by atoms with van der Waals surface area (Å²) in [7, 11) is 0. The average molecular weight is 766 g/mol. The lowest BCUT2D eigenvalue weighted by Crippen LogP contribution is -2.16. The molecule has 0 spiro atoms. The highest BCUT2D eigenvalue weighted by atomic mass is 16.5. The van der Waals surface area contributed by atoms with E-state index in [4.69, 9.17) is 14.1 Å². The number of hydrogen-bond acceptors (Lipinski definition) is 4. The SMILES string of the molecule is c1ccc2c(c1)nc1c3ccccc3c3cc(N4c5ccc(-c6ccc7c(c6)oc6ccccc67)cc5Oc5cc6c7ccccc7c7ccccc7c6cc54)ccc3n21. The molecule has 0 radical (unpaired) electrons. The fraction of sp³-hybridized carbons (Fsp3) is 0. The van der Waals surface area contributed by atoms with Crippen molar-refractivity contribution >= 4 is 110 Å². The Balaban J connectivity index is 1.04. The molecule has 4 heterocycles. The van der Waals surface area contributed by atoms with Gasteiger partial charge < -0.3 is 14.1 Å². The Morgan fingerprint density at radius 1 is 0.367 bits per heavy atom. The van der Waals surface area contributed by atoms with E-state index >= 15 is 0 Å². The van der Waals surface area contributed by atoms with E-state index in [0.717, 1.165) is 105 Å². The second-order valence-electron chi connectivity index (χ2n) is 15.9. The van der Waals surface area contributed by atoms with Crippen LogP contribution in [0.4, 0.5) is 17.1 Å². The third-order valence-corrected chi connectivity index (χ3v) is 12.7. The number of imidazole rings is 1. The van der Waals surface area contributed by atoms with Crippen LogP contribution < -0.4 is 9.64 Å². The van der Waals surface area contributed by atoms with Crippen LogP contribution in [0.15, 0.2) is 192 Å². The molecule has 0 fully saturated rings. The van der Waals surface area contributed by atoms with Gasteiger partial charge in [-0.15, -0.1) is 0 Å². The normalized spacial score (nSPS) is 12.8. The van der Waals surface area contributed by atoms with E-state index in [9.17, 15) is 0 Å². The van der Waals surface area contributed by atoms with Crippen LogP contribution in [-0.2, 0) is 0 Å². The number of furan rings is 1. The van der Waals surface area contributed by atoms with E-state index in [-0.39, 0.29) is 0 Å². The number of para-hydroxylation sites is 3. The zero-order valence-electron chi connectivity index (χ0n) is 32.1. The maximum absolute atomic E-state index is 7.07. The fourth-order valence-corrected chi connectivity index (χ4v) is 10.0. The summed E-state index contributed by atoms with van der Waals surface area (Å²) in [6, 6.07) is 67.2. The van der Waals surface area contributed by atoms with Crippen LogP contribution in [0.3, 0.4) is 0 Å². The Kier molecular flexibility index (Phi) is 6.23. The summed E-state index contributed by atoms with van der Waals surface area (Å²) in [6.45, 7) is 0. The van der Waals surface area contributed by atoms with Crippen LogP contribution in [-0.4, -0.2) is 9.38 Å². The number of hydrogen-bond donors (Lipinski definition) is 0. The van der Waals surface area contributed by atoms with E-state index in [1.54, 1.807) is 0 Å². The first-order valence-electron chi connectivity index (χ1n) is 20.4. The van der Waals surface area contributed by atoms with Crippen molar-refractivity contribution in [2.24, 2.45) is 0 Å². The van der Waals surface area contributed by atoms with Crippen molar-refractivity contribution in [1.29, 1.82) is 0 Å². The number of fused-ring (bicyclic) bond motifs is 19. The Morgan fingerprint density at radius 3 is 1.77 bits per heavy atom. The molecule has 0 amide bonds. The zero-order valence-corrected chi connectivity index (χ0v) is 32.1. The van der Waals surface area contributed by atoms with E-state index in [1.807, 2.05) is 12.1 Å². The molecule has 0 saturated heterocycles. The standard InChI is InChI=1S/C55H31N3O2/c1-3-13-37-35(11-1)36-12-2-4-14-38(36)44-31-54-50(30-43(37)44)57(49-25-22-33(28-53(49)60-54)32-21-24-41-40-16-7-10-20-51(40)59-52(41)27-32)34-23-26-47-45(29-34)39-15-5-6-17-42(39)55-56-46-18-8-9-19-48(46)58(47)55/h1-31H. The topological polar surface area (TPSA) is 42.9 Å². The largest absolute Gasteiger partial charge is 0.456 e. The number of anilines is 3. The van der Waals surface area contributed by atoms with Crippen molar-refractivity contribution in [1.82, 2.24) is 9.38 Å². The summed E-state index contributed by atoms with van der Waals surface area (Å²) < 4.78 is 15.7. The number of nitrogens with zero attached hydrogens (tertiary/aromatic N) is 3. The van der Waals surface area contributed by atoms with Crippen molar-refractivity contribution in [3.63, 3.8) is 0 Å². The predicted octanol–water partition coefficient (Wildman–Crippen LogP) is 15.4. The van der Waals surface area contributed by atoms with Crippen LogP contribution in [0.25, 0.3) is 104 Å². The molecule has 0 unspecified atom stereocenters. The van der Waals surface area contributed by atoms with E-state index < -0.39 is 0 Å². The molecule has 1 aliphatic heterocycles. The Bertz CT molecular complexity index is 4010. The van der Waals surface area contributed by atoms with Crippen LogP contribution in [0.1, 0.15) is 0 Å². The summed E-state index contributed by atoms with van der Waals surface area (Å²) in [5.74, 6) is 1.59. The smallest absolute Gasteiger partial charge is 0.152 e. The first-order chi connectivity index (χ1) is 29.7. The molecule has 0 bridgehead atoms. The molecule has 0 N–H and O–H groups in total. The van der Waals surface area contributed by atoms with Gasteiger partial charge in [0.05, 0.1) is 27.9 Å². The van der Waals surface area contributed by atoms with E-state index in [1.165, 1.54) is 26.9 Å². The molecule has 1 aliphatic rings. The highest BCUT2D eigenvalue weighted by Crippen LogP contribution is 2.54. The monoisotopic (exact) mass is 765 g/mol. The molecule has 60 heavy (non-hydrogen) atoms. The Hall–Kier alpha value is -8.15. The first kappa shape index (κ1) is 31.9. The van der Waals surface area contributed by atoms with Crippen molar-refractivity contribution in [3.05, 3.63) is 188 Å². The molecule has 278 valence electrons.